The van der Waals surface area contributed by atoms with Crippen LogP contribution in [0.5, 0.6) is 0 Å². The van der Waals surface area contributed by atoms with Gasteiger partial charge in [0.15, 0.2) is 5.78 Å². The highest BCUT2D eigenvalue weighted by Gasteiger charge is 2.38. The molecule has 0 saturated heterocycles. The second-order valence-corrected chi connectivity index (χ2v) is 14.8. The predicted molar refractivity (Wildman–Crippen MR) is 211 cm³/mol. The maximum absolute atomic E-state index is 14.5. The summed E-state index contributed by atoms with van der Waals surface area (Å²) in [7, 11) is -2.83. The van der Waals surface area contributed by atoms with Crippen molar-refractivity contribution in [2.24, 2.45) is 0 Å². The van der Waals surface area contributed by atoms with Gasteiger partial charge in [-0.2, -0.15) is 4.57 Å². The van der Waals surface area contributed by atoms with E-state index in [-0.39, 0.29) is 11.2 Å². The Morgan fingerprint density at radius 3 is 1.52 bits per heavy atom. The summed E-state index contributed by atoms with van der Waals surface area (Å²) >= 11 is 0. The van der Waals surface area contributed by atoms with Crippen LogP contribution in [0.15, 0.2) is 193 Å². The van der Waals surface area contributed by atoms with Crippen LogP contribution in [0.25, 0.3) is 44.9 Å². The van der Waals surface area contributed by atoms with Gasteiger partial charge in [0, 0.05) is 70.4 Å². The summed E-state index contributed by atoms with van der Waals surface area (Å²) in [5.74, 6) is 0.00167. The van der Waals surface area contributed by atoms with E-state index in [1.807, 2.05) is 48.5 Å². The summed E-state index contributed by atoms with van der Waals surface area (Å²) in [6, 6.07) is 54.7. The quantitative estimate of drug-likeness (QED) is 0.153. The molecule has 2 heterocycles. The third-order valence-electron chi connectivity index (χ3n) is 10.1. The fraction of sp³-hybridized carbons (Fsp3) is 0.0833. The highest BCUT2D eigenvalue weighted by Crippen LogP contribution is 2.46. The monoisotopic (exact) mass is 758 g/mol. The molecule has 0 unspecified atom stereocenters. The van der Waals surface area contributed by atoms with Gasteiger partial charge in [-0.1, -0.05) is 129 Å². The molecular weight excluding hydrogens is 720 g/mol. The first kappa shape index (κ1) is 38.1. The van der Waals surface area contributed by atoms with Gasteiger partial charge in [0.1, 0.15) is 0 Å². The standard InChI is InChI=1S/C48H39N2O.ClHO4/c1-48(2)42-26-16-17-27-43(42)49(3)46(48)29-28-38-30-40(33-41(47(38)51)35-20-10-5-11-21-35)50-44(36-22-12-6-13-23-36)31-39(34-18-8-4-9-19-34)32-45(50)37-24-14-7-15-25-37;2-1(3,4)5/h4-33H,1-3H3;(H,2,3,4,5)/q+1;/p-1/b38-28-,46-29-;. The second kappa shape index (κ2) is 15.9. The minimum Gasteiger partial charge on any atom is -0.347 e. The number of hydrogen-bond donors (Lipinski definition) is 0. The van der Waals surface area contributed by atoms with E-state index in [1.165, 1.54) is 11.3 Å². The molecule has 6 aromatic rings. The van der Waals surface area contributed by atoms with Crippen molar-refractivity contribution in [1.82, 2.24) is 0 Å². The molecule has 0 spiro atoms. The van der Waals surface area contributed by atoms with Crippen molar-refractivity contribution >= 4 is 22.7 Å². The summed E-state index contributed by atoms with van der Waals surface area (Å²) in [6.45, 7) is 4.50. The van der Waals surface area contributed by atoms with Crippen molar-refractivity contribution in [2.75, 3.05) is 11.9 Å². The van der Waals surface area contributed by atoms with E-state index in [0.29, 0.717) is 11.1 Å². The van der Waals surface area contributed by atoms with Crippen LogP contribution in [0.4, 0.5) is 5.69 Å². The molecule has 0 radical (unpaired) electrons. The molecule has 2 aliphatic rings. The molecule has 7 nitrogen and oxygen atoms in total. The van der Waals surface area contributed by atoms with Crippen LogP contribution in [-0.2, 0) is 10.2 Å². The molecule has 5 aromatic carbocycles. The number of pyridine rings is 1. The van der Waals surface area contributed by atoms with E-state index in [4.69, 9.17) is 18.6 Å². The molecule has 1 aliphatic heterocycles. The van der Waals surface area contributed by atoms with Gasteiger partial charge in [-0.15, -0.1) is 10.2 Å². The topological polar surface area (TPSA) is 116 Å². The molecule has 1 aromatic heterocycles. The number of carbonyl (C=O) groups is 1. The molecular formula is C48H39ClN2O5. The fourth-order valence-electron chi connectivity index (χ4n) is 7.50. The summed E-state index contributed by atoms with van der Waals surface area (Å²) in [5.41, 5.74) is 13.0. The maximum Gasteiger partial charge on any atom is 0.219 e. The molecule has 0 bridgehead atoms. The average Bonchev–Trinajstić information content (AvgIpc) is 3.41. The van der Waals surface area contributed by atoms with Crippen LogP contribution in [0.1, 0.15) is 25.0 Å². The molecule has 0 N–H and O–H groups in total. The zero-order chi connectivity index (χ0) is 39.5. The number of allylic oxidation sites excluding steroid dienone is 8. The lowest BCUT2D eigenvalue weighted by Gasteiger charge is -2.24. The van der Waals surface area contributed by atoms with Gasteiger partial charge in [-0.05, 0) is 64.7 Å². The SMILES string of the molecule is CN1/C(=C\C=C2\C=C([n+]3c(-c4ccccc4)cc(-c4ccccc4)cc3-c3ccccc3)C=C(c3ccccc3)C2=O)C(C)(C)c2ccccc21.[O-][Cl+3]([O-])([O-])[O-]. The zero-order valence-corrected chi connectivity index (χ0v) is 31.9. The van der Waals surface area contributed by atoms with Crippen molar-refractivity contribution in [3.63, 3.8) is 0 Å². The van der Waals surface area contributed by atoms with E-state index in [2.05, 4.69) is 164 Å². The molecule has 0 fully saturated rings. The lowest BCUT2D eigenvalue weighted by atomic mass is 9.83. The van der Waals surface area contributed by atoms with Crippen LogP contribution >= 0.6 is 0 Å². The van der Waals surface area contributed by atoms with Gasteiger partial charge in [0.05, 0.1) is 0 Å². The molecule has 8 rings (SSSR count). The van der Waals surface area contributed by atoms with Crippen molar-refractivity contribution in [3.05, 3.63) is 204 Å². The highest BCUT2D eigenvalue weighted by molar-refractivity contribution is 6.32. The largest absolute Gasteiger partial charge is 0.347 e. The van der Waals surface area contributed by atoms with Crippen LogP contribution < -0.4 is 28.1 Å². The first-order valence-corrected chi connectivity index (χ1v) is 19.3. The van der Waals surface area contributed by atoms with Gasteiger partial charge in [0.2, 0.25) is 17.1 Å². The number of rotatable bonds is 6. The zero-order valence-electron chi connectivity index (χ0n) is 31.1. The van der Waals surface area contributed by atoms with Gasteiger partial charge < -0.3 is 4.90 Å². The minimum atomic E-state index is -4.94. The molecule has 0 atom stereocenters. The van der Waals surface area contributed by atoms with Crippen molar-refractivity contribution in [1.29, 1.82) is 0 Å². The lowest BCUT2D eigenvalue weighted by molar-refractivity contribution is -2.00. The van der Waals surface area contributed by atoms with Gasteiger partial charge in [-0.25, -0.2) is 18.6 Å². The third kappa shape index (κ3) is 8.09. The number of likely N-dealkylation sites (N-methyl/N-ethyl adjacent to an activating group) is 1. The number of anilines is 1. The van der Waals surface area contributed by atoms with E-state index in [0.717, 1.165) is 50.6 Å². The molecule has 1 aliphatic carbocycles. The maximum atomic E-state index is 14.5. The van der Waals surface area contributed by atoms with Crippen LogP contribution in [0.3, 0.4) is 0 Å². The van der Waals surface area contributed by atoms with E-state index in [1.54, 1.807) is 0 Å². The molecule has 0 saturated carbocycles. The Hall–Kier alpha value is -6.19. The normalized spacial score (nSPS) is 16.2. The Labute approximate surface area is 329 Å². The Kier molecular flexibility index (Phi) is 10.8. The minimum absolute atomic E-state index is 0.00167. The van der Waals surface area contributed by atoms with Crippen LogP contribution in [0, 0.1) is 10.2 Å². The number of benzene rings is 5. The summed E-state index contributed by atoms with van der Waals surface area (Å²) in [6.07, 6.45) is 8.27. The summed E-state index contributed by atoms with van der Waals surface area (Å²) in [4.78, 5) is 16.7. The second-order valence-electron chi connectivity index (χ2n) is 14.0. The third-order valence-corrected chi connectivity index (χ3v) is 10.1. The highest BCUT2D eigenvalue weighted by atomic mass is 35.7. The first-order chi connectivity index (χ1) is 26.9. The van der Waals surface area contributed by atoms with Crippen LogP contribution in [0.2, 0.25) is 0 Å². The Balaban J connectivity index is 0.000000905. The van der Waals surface area contributed by atoms with Crippen molar-refractivity contribution in [3.8, 4) is 33.6 Å². The van der Waals surface area contributed by atoms with Crippen LogP contribution in [-0.4, -0.2) is 12.8 Å². The van der Waals surface area contributed by atoms with Gasteiger partial charge in [-0.3, -0.25) is 4.79 Å². The summed E-state index contributed by atoms with van der Waals surface area (Å²) in [5, 5.41) is 0. The van der Waals surface area contributed by atoms with E-state index >= 15 is 0 Å². The first-order valence-electron chi connectivity index (χ1n) is 18.1. The van der Waals surface area contributed by atoms with E-state index < -0.39 is 10.2 Å². The van der Waals surface area contributed by atoms with Gasteiger partial charge >= 0.3 is 0 Å². The number of aromatic nitrogens is 1. The number of para-hydroxylation sites is 1. The van der Waals surface area contributed by atoms with E-state index in [9.17, 15) is 4.79 Å². The number of carbonyl (C=O) groups excluding carboxylic acids is 1. The Morgan fingerprint density at radius 2 is 1.02 bits per heavy atom. The predicted octanol–water partition coefficient (Wildman–Crippen LogP) is 5.96. The van der Waals surface area contributed by atoms with Crippen molar-refractivity contribution < 1.29 is 38.2 Å². The molecule has 0 amide bonds. The van der Waals surface area contributed by atoms with Gasteiger partial charge in [0.25, 0.3) is 0 Å². The molecule has 278 valence electrons. The molecule has 56 heavy (non-hydrogen) atoms. The lowest BCUT2D eigenvalue weighted by Crippen LogP contribution is -2.68. The number of halogens is 1. The number of fused-ring (bicyclic) bond motifs is 1. The number of nitrogens with zero attached hydrogens (tertiary/aromatic N) is 2. The number of hydrogen-bond acceptors (Lipinski definition) is 6. The number of Topliss-reactive ketones (excluding diaryl/α,β-unsaturated/α-hetero) is 1. The average molecular weight is 759 g/mol. The summed E-state index contributed by atoms with van der Waals surface area (Å²) < 4.78 is 36.3. The Bertz CT molecular complexity index is 2440. The molecule has 8 heteroatoms. The van der Waals surface area contributed by atoms with Crippen molar-refractivity contribution in [2.45, 2.75) is 19.3 Å². The Morgan fingerprint density at radius 1 is 0.571 bits per heavy atom. The fourth-order valence-corrected chi connectivity index (χ4v) is 7.50. The smallest absolute Gasteiger partial charge is 0.219 e. The number of ketones is 1.